The zero-order valence-electron chi connectivity index (χ0n) is 18.1. The summed E-state index contributed by atoms with van der Waals surface area (Å²) in [7, 11) is 0. The standard InChI is InChI=1S/C24H50N2/c1-2-3-4-5-6-7-8-9-10-11-12-13-14-15-17-20-23-26-24-21-18-16-19-22-25/h9-10,26H,2-8,11-25H2,1H3. The van der Waals surface area contributed by atoms with Crippen LogP contribution in [0.25, 0.3) is 0 Å². The van der Waals surface area contributed by atoms with Crippen LogP contribution in [-0.2, 0) is 0 Å². The maximum atomic E-state index is 5.50. The smallest absolute Gasteiger partial charge is 0.00489 e. The van der Waals surface area contributed by atoms with Crippen LogP contribution in [0.15, 0.2) is 12.2 Å². The van der Waals surface area contributed by atoms with Gasteiger partial charge in [0.2, 0.25) is 0 Å². The first kappa shape index (κ1) is 25.7. The van der Waals surface area contributed by atoms with Crippen LogP contribution in [0.2, 0.25) is 0 Å². The third-order valence-electron chi connectivity index (χ3n) is 5.17. The monoisotopic (exact) mass is 366 g/mol. The Hall–Kier alpha value is -0.340. The summed E-state index contributed by atoms with van der Waals surface area (Å²) in [6.07, 6.45) is 29.4. The van der Waals surface area contributed by atoms with Gasteiger partial charge in [-0.25, -0.2) is 0 Å². The molecule has 0 aromatic rings. The Kier molecular flexibility index (Phi) is 24.3. The largest absolute Gasteiger partial charge is 0.330 e. The highest BCUT2D eigenvalue weighted by atomic mass is 14.8. The minimum Gasteiger partial charge on any atom is -0.330 e. The molecule has 0 aliphatic carbocycles. The highest BCUT2D eigenvalue weighted by Gasteiger charge is 1.93. The summed E-state index contributed by atoms with van der Waals surface area (Å²) in [5.41, 5.74) is 5.50. The number of nitrogens with one attached hydrogen (secondary N) is 1. The lowest BCUT2D eigenvalue weighted by molar-refractivity contribution is 0.547. The quantitative estimate of drug-likeness (QED) is 0.158. The van der Waals surface area contributed by atoms with Crippen molar-refractivity contribution < 1.29 is 0 Å². The van der Waals surface area contributed by atoms with E-state index in [0.717, 1.165) is 6.54 Å². The van der Waals surface area contributed by atoms with Crippen LogP contribution in [-0.4, -0.2) is 19.6 Å². The third kappa shape index (κ3) is 23.7. The van der Waals surface area contributed by atoms with Crippen LogP contribution in [0.1, 0.15) is 122 Å². The predicted octanol–water partition coefficient (Wildman–Crippen LogP) is 7.13. The number of hydrogen-bond donors (Lipinski definition) is 2. The van der Waals surface area contributed by atoms with Crippen molar-refractivity contribution in [2.75, 3.05) is 19.6 Å². The van der Waals surface area contributed by atoms with E-state index < -0.39 is 0 Å². The van der Waals surface area contributed by atoms with Crippen LogP contribution in [0, 0.1) is 0 Å². The molecule has 0 unspecified atom stereocenters. The van der Waals surface area contributed by atoms with Gasteiger partial charge in [-0.15, -0.1) is 0 Å². The van der Waals surface area contributed by atoms with E-state index in [2.05, 4.69) is 24.4 Å². The maximum Gasteiger partial charge on any atom is -0.00489 e. The van der Waals surface area contributed by atoms with E-state index in [1.807, 2.05) is 0 Å². The molecule has 0 bridgehead atoms. The van der Waals surface area contributed by atoms with E-state index in [-0.39, 0.29) is 0 Å². The van der Waals surface area contributed by atoms with Gasteiger partial charge in [0.25, 0.3) is 0 Å². The molecular weight excluding hydrogens is 316 g/mol. The molecule has 156 valence electrons. The summed E-state index contributed by atoms with van der Waals surface area (Å²) < 4.78 is 0. The van der Waals surface area contributed by atoms with Gasteiger partial charge in [-0.2, -0.15) is 0 Å². The molecule has 0 aromatic heterocycles. The average Bonchev–Trinajstić information content (AvgIpc) is 2.66. The summed E-state index contributed by atoms with van der Waals surface area (Å²) in [5.74, 6) is 0. The lowest BCUT2D eigenvalue weighted by Crippen LogP contribution is -2.16. The molecule has 0 radical (unpaired) electrons. The topological polar surface area (TPSA) is 38.0 Å². The molecular formula is C24H50N2. The molecule has 0 fully saturated rings. The Morgan fingerprint density at radius 2 is 0.962 bits per heavy atom. The van der Waals surface area contributed by atoms with Crippen LogP contribution >= 0.6 is 0 Å². The van der Waals surface area contributed by atoms with Gasteiger partial charge in [0, 0.05) is 0 Å². The third-order valence-corrected chi connectivity index (χ3v) is 5.17. The Bertz CT molecular complexity index is 263. The summed E-state index contributed by atoms with van der Waals surface area (Å²) >= 11 is 0. The molecule has 26 heavy (non-hydrogen) atoms. The van der Waals surface area contributed by atoms with Gasteiger partial charge < -0.3 is 11.1 Å². The summed E-state index contributed by atoms with van der Waals surface area (Å²) in [6, 6.07) is 0. The van der Waals surface area contributed by atoms with Crippen molar-refractivity contribution in [3.63, 3.8) is 0 Å². The number of rotatable bonds is 22. The summed E-state index contributed by atoms with van der Waals surface area (Å²) in [4.78, 5) is 0. The molecule has 3 N–H and O–H groups in total. The second-order valence-electron chi connectivity index (χ2n) is 7.89. The second kappa shape index (κ2) is 24.7. The molecule has 0 aliphatic heterocycles. The van der Waals surface area contributed by atoms with Gasteiger partial charge in [-0.3, -0.25) is 0 Å². The number of hydrogen-bond acceptors (Lipinski definition) is 2. The van der Waals surface area contributed by atoms with Gasteiger partial charge in [0.05, 0.1) is 0 Å². The average molecular weight is 367 g/mol. The molecule has 0 spiro atoms. The molecule has 0 aromatic carbocycles. The lowest BCUT2D eigenvalue weighted by Gasteiger charge is -2.05. The SMILES string of the molecule is CCCCCCCCC=CCCCCCCCCNCCCCCCN. The Morgan fingerprint density at radius 3 is 1.46 bits per heavy atom. The fraction of sp³-hybridized carbons (Fsp3) is 0.917. The zero-order valence-corrected chi connectivity index (χ0v) is 18.1. The minimum absolute atomic E-state index is 0.850. The summed E-state index contributed by atoms with van der Waals surface area (Å²) in [5, 5.41) is 3.57. The van der Waals surface area contributed by atoms with Gasteiger partial charge >= 0.3 is 0 Å². The number of unbranched alkanes of at least 4 members (excludes halogenated alkanes) is 15. The van der Waals surface area contributed by atoms with Gasteiger partial charge in [-0.1, -0.05) is 89.7 Å². The van der Waals surface area contributed by atoms with Crippen LogP contribution in [0.5, 0.6) is 0 Å². The van der Waals surface area contributed by atoms with E-state index in [9.17, 15) is 0 Å². The molecule has 2 nitrogen and oxygen atoms in total. The highest BCUT2D eigenvalue weighted by Crippen LogP contribution is 2.09. The first-order valence-electron chi connectivity index (χ1n) is 12.0. The van der Waals surface area contributed by atoms with E-state index in [1.165, 1.54) is 129 Å². The zero-order chi connectivity index (χ0) is 19.0. The molecule has 0 amide bonds. The molecule has 0 rings (SSSR count). The van der Waals surface area contributed by atoms with Gasteiger partial charge in [0.1, 0.15) is 0 Å². The van der Waals surface area contributed by atoms with Crippen molar-refractivity contribution in [2.24, 2.45) is 5.73 Å². The second-order valence-corrected chi connectivity index (χ2v) is 7.89. The molecule has 0 aliphatic rings. The molecule has 0 heterocycles. The van der Waals surface area contributed by atoms with Crippen molar-refractivity contribution in [1.29, 1.82) is 0 Å². The van der Waals surface area contributed by atoms with E-state index in [4.69, 9.17) is 5.73 Å². The summed E-state index contributed by atoms with van der Waals surface area (Å²) in [6.45, 7) is 5.53. The Balaban J connectivity index is 3.03. The first-order chi connectivity index (χ1) is 12.9. The van der Waals surface area contributed by atoms with E-state index in [1.54, 1.807) is 0 Å². The van der Waals surface area contributed by atoms with E-state index in [0.29, 0.717) is 0 Å². The highest BCUT2D eigenvalue weighted by molar-refractivity contribution is 4.81. The van der Waals surface area contributed by atoms with E-state index >= 15 is 0 Å². The molecule has 0 saturated carbocycles. The Labute approximate surface area is 165 Å². The normalized spacial score (nSPS) is 11.6. The van der Waals surface area contributed by atoms with Crippen LogP contribution in [0.3, 0.4) is 0 Å². The predicted molar refractivity (Wildman–Crippen MR) is 120 cm³/mol. The van der Waals surface area contributed by atoms with Crippen molar-refractivity contribution >= 4 is 0 Å². The van der Waals surface area contributed by atoms with Crippen molar-refractivity contribution in [2.45, 2.75) is 122 Å². The lowest BCUT2D eigenvalue weighted by atomic mass is 10.1. The fourth-order valence-electron chi connectivity index (χ4n) is 3.37. The molecule has 0 saturated heterocycles. The Morgan fingerprint density at radius 1 is 0.538 bits per heavy atom. The maximum absolute atomic E-state index is 5.50. The molecule has 2 heteroatoms. The van der Waals surface area contributed by atoms with Crippen LogP contribution in [0.4, 0.5) is 0 Å². The minimum atomic E-state index is 0.850. The first-order valence-corrected chi connectivity index (χ1v) is 12.0. The van der Waals surface area contributed by atoms with Crippen molar-refractivity contribution in [3.8, 4) is 0 Å². The van der Waals surface area contributed by atoms with Crippen molar-refractivity contribution in [1.82, 2.24) is 5.32 Å². The number of nitrogens with two attached hydrogens (primary N) is 1. The van der Waals surface area contributed by atoms with Crippen LogP contribution < -0.4 is 11.1 Å². The molecule has 0 atom stereocenters. The number of allylic oxidation sites excluding steroid dienone is 2. The fourth-order valence-corrected chi connectivity index (χ4v) is 3.37. The van der Waals surface area contributed by atoms with Crippen molar-refractivity contribution in [3.05, 3.63) is 12.2 Å². The van der Waals surface area contributed by atoms with Gasteiger partial charge in [0.15, 0.2) is 0 Å². The van der Waals surface area contributed by atoms with Gasteiger partial charge in [-0.05, 0) is 64.6 Å².